The van der Waals surface area contributed by atoms with Crippen molar-refractivity contribution in [2.45, 2.75) is 79.4 Å². The number of hydrogen-bond donors (Lipinski definition) is 0. The fourth-order valence-electron chi connectivity index (χ4n) is 5.60. The topological polar surface area (TPSA) is 98.0 Å². The summed E-state index contributed by atoms with van der Waals surface area (Å²) in [6.45, 7) is 17.7. The van der Waals surface area contributed by atoms with Gasteiger partial charge in [-0.05, 0) is 114 Å². The van der Waals surface area contributed by atoms with Crippen LogP contribution in [-0.2, 0) is 9.47 Å². The van der Waals surface area contributed by atoms with Gasteiger partial charge in [0.2, 0.25) is 11.8 Å². The van der Waals surface area contributed by atoms with Crippen LogP contribution in [0.2, 0.25) is 0 Å². The predicted molar refractivity (Wildman–Crippen MR) is 175 cm³/mol. The molecule has 238 valence electrons. The van der Waals surface area contributed by atoms with Crippen LogP contribution in [0.5, 0.6) is 0 Å². The van der Waals surface area contributed by atoms with Crippen molar-refractivity contribution in [2.24, 2.45) is 0 Å². The molecule has 0 saturated heterocycles. The number of ether oxygens (including phenoxy) is 2. The maximum absolute atomic E-state index is 12.5. The number of hydrogen-bond acceptors (Lipinski definition) is 7. The molecule has 3 heterocycles. The van der Waals surface area contributed by atoms with Crippen LogP contribution in [-0.4, -0.2) is 69.6 Å². The van der Waals surface area contributed by atoms with E-state index in [1.807, 2.05) is 53.7 Å². The lowest BCUT2D eigenvalue weighted by Crippen LogP contribution is -2.39. The highest BCUT2D eigenvalue weighted by atomic mass is 16.6. The molecule has 0 saturated carbocycles. The highest BCUT2D eigenvalue weighted by Crippen LogP contribution is 2.34. The molecule has 2 amide bonds. The number of amides is 2. The molecule has 5 rings (SSSR count). The van der Waals surface area contributed by atoms with E-state index in [2.05, 4.69) is 60.5 Å². The van der Waals surface area contributed by atoms with Crippen LogP contribution >= 0.6 is 0 Å². The number of rotatable bonds is 4. The summed E-state index contributed by atoms with van der Waals surface area (Å²) in [5, 5.41) is 8.76. The fourth-order valence-corrected chi connectivity index (χ4v) is 5.60. The maximum Gasteiger partial charge on any atom is 0.410 e. The Morgan fingerprint density at radius 3 is 1.58 bits per heavy atom. The Labute approximate surface area is 265 Å². The second-order valence-electron chi connectivity index (χ2n) is 13.8. The van der Waals surface area contributed by atoms with Crippen molar-refractivity contribution >= 4 is 23.3 Å². The number of nitrogens with zero attached hydrogens (tertiary/aromatic N) is 4. The quantitative estimate of drug-likeness (QED) is 0.294. The summed E-state index contributed by atoms with van der Waals surface area (Å²) in [7, 11) is 0. The summed E-state index contributed by atoms with van der Waals surface area (Å²) in [6.07, 6.45) is 5.16. The van der Waals surface area contributed by atoms with E-state index in [-0.39, 0.29) is 12.2 Å². The molecule has 0 aliphatic carbocycles. The van der Waals surface area contributed by atoms with Gasteiger partial charge in [0.25, 0.3) is 0 Å². The zero-order valence-electron chi connectivity index (χ0n) is 27.7. The van der Waals surface area contributed by atoms with Crippen LogP contribution in [0.15, 0.2) is 53.0 Å². The normalized spacial score (nSPS) is 15.8. The van der Waals surface area contributed by atoms with Gasteiger partial charge < -0.3 is 23.7 Å². The molecule has 45 heavy (non-hydrogen) atoms. The number of benzene rings is 2. The lowest BCUT2D eigenvalue weighted by molar-refractivity contribution is 0.0260. The van der Waals surface area contributed by atoms with Crippen molar-refractivity contribution in [3.8, 4) is 22.9 Å². The Bertz CT molecular complexity index is 1610. The Morgan fingerprint density at radius 2 is 1.13 bits per heavy atom. The van der Waals surface area contributed by atoms with Gasteiger partial charge in [-0.2, -0.15) is 0 Å². The summed E-state index contributed by atoms with van der Waals surface area (Å²) >= 11 is 0. The molecule has 0 fully saturated rings. The Morgan fingerprint density at radius 1 is 0.689 bits per heavy atom. The number of aromatic nitrogens is 2. The summed E-state index contributed by atoms with van der Waals surface area (Å²) in [5.74, 6) is 0.951. The first-order valence-corrected chi connectivity index (χ1v) is 15.6. The van der Waals surface area contributed by atoms with Gasteiger partial charge in [-0.1, -0.05) is 36.4 Å². The fraction of sp³-hybridized carbons (Fsp3) is 0.444. The molecule has 2 aliphatic heterocycles. The van der Waals surface area contributed by atoms with E-state index in [9.17, 15) is 9.59 Å². The van der Waals surface area contributed by atoms with Gasteiger partial charge in [-0.3, -0.25) is 0 Å². The van der Waals surface area contributed by atoms with Gasteiger partial charge in [-0.25, -0.2) is 9.59 Å². The van der Waals surface area contributed by atoms with Crippen LogP contribution in [0, 0.1) is 13.8 Å². The molecular formula is C36H44N4O5. The number of carbonyl (C=O) groups excluding carboxylic acids is 2. The number of aryl methyl sites for hydroxylation is 2. The van der Waals surface area contributed by atoms with Crippen molar-refractivity contribution in [1.82, 2.24) is 20.0 Å². The lowest BCUT2D eigenvalue weighted by Gasteiger charge is -2.29. The molecule has 0 bridgehead atoms. The third-order valence-corrected chi connectivity index (χ3v) is 7.77. The molecule has 3 aromatic rings. The first-order valence-electron chi connectivity index (χ1n) is 15.6. The van der Waals surface area contributed by atoms with Crippen molar-refractivity contribution in [3.63, 3.8) is 0 Å². The zero-order valence-corrected chi connectivity index (χ0v) is 27.7. The third-order valence-electron chi connectivity index (χ3n) is 7.77. The summed E-state index contributed by atoms with van der Waals surface area (Å²) in [5.41, 5.74) is 7.52. The van der Waals surface area contributed by atoms with Crippen LogP contribution in [0.3, 0.4) is 0 Å². The molecule has 1 aromatic heterocycles. The minimum Gasteiger partial charge on any atom is -0.444 e. The second kappa shape index (κ2) is 12.5. The van der Waals surface area contributed by atoms with E-state index < -0.39 is 11.2 Å². The van der Waals surface area contributed by atoms with Gasteiger partial charge >= 0.3 is 12.2 Å². The summed E-state index contributed by atoms with van der Waals surface area (Å²) < 4.78 is 17.2. The lowest BCUT2D eigenvalue weighted by atomic mass is 9.93. The van der Waals surface area contributed by atoms with Crippen LogP contribution in [0.4, 0.5) is 9.59 Å². The third kappa shape index (κ3) is 7.82. The Kier molecular flexibility index (Phi) is 8.92. The van der Waals surface area contributed by atoms with E-state index in [1.54, 1.807) is 9.80 Å². The van der Waals surface area contributed by atoms with Crippen LogP contribution < -0.4 is 0 Å². The predicted octanol–water partition coefficient (Wildman–Crippen LogP) is 8.07. The monoisotopic (exact) mass is 612 g/mol. The standard InChI is InChI=1S/C36H44N4O5/c1-23-21-29(27-15-19-40(20-16-27)34(42)45-36(6,7)8)22-24(2)30(23)32-38-37-31(43-32)28-11-9-25(10-12-28)26-13-17-39(18-14-26)33(41)44-35(3,4)5/h9-13,15,21-22H,14,16-20H2,1-8H3. The van der Waals surface area contributed by atoms with E-state index in [0.29, 0.717) is 38.0 Å². The van der Waals surface area contributed by atoms with Gasteiger partial charge in [-0.15, -0.1) is 10.2 Å². The molecule has 0 unspecified atom stereocenters. The maximum atomic E-state index is 12.5. The number of carbonyl (C=O) groups is 2. The molecule has 0 N–H and O–H groups in total. The largest absolute Gasteiger partial charge is 0.444 e. The van der Waals surface area contributed by atoms with E-state index in [0.717, 1.165) is 46.2 Å². The van der Waals surface area contributed by atoms with E-state index in [1.165, 1.54) is 11.1 Å². The first kappa shape index (κ1) is 32.0. The zero-order chi connectivity index (χ0) is 32.5. The van der Waals surface area contributed by atoms with E-state index in [4.69, 9.17) is 13.9 Å². The average Bonchev–Trinajstić information content (AvgIpc) is 3.45. The van der Waals surface area contributed by atoms with Crippen molar-refractivity contribution < 1.29 is 23.5 Å². The van der Waals surface area contributed by atoms with Gasteiger partial charge in [0.1, 0.15) is 11.2 Å². The van der Waals surface area contributed by atoms with Crippen LogP contribution in [0.25, 0.3) is 34.1 Å². The smallest absolute Gasteiger partial charge is 0.410 e. The van der Waals surface area contributed by atoms with Gasteiger partial charge in [0.05, 0.1) is 0 Å². The minimum absolute atomic E-state index is 0.278. The molecule has 0 atom stereocenters. The van der Waals surface area contributed by atoms with Crippen molar-refractivity contribution in [3.05, 3.63) is 70.8 Å². The molecule has 9 nitrogen and oxygen atoms in total. The highest BCUT2D eigenvalue weighted by molar-refractivity contribution is 5.76. The first-order chi connectivity index (χ1) is 21.2. The molecule has 0 radical (unpaired) electrons. The van der Waals surface area contributed by atoms with Crippen molar-refractivity contribution in [2.75, 3.05) is 26.2 Å². The molecule has 2 aliphatic rings. The Hall–Kier alpha value is -4.40. The van der Waals surface area contributed by atoms with Gasteiger partial charge in [0, 0.05) is 37.3 Å². The SMILES string of the molecule is Cc1cc(C2=CCN(C(=O)OC(C)(C)C)CC2)cc(C)c1-c1nnc(-c2ccc(C3=CCN(C(=O)OC(C)(C)C)CC3)cc2)o1. The van der Waals surface area contributed by atoms with Crippen LogP contribution in [0.1, 0.15) is 76.6 Å². The minimum atomic E-state index is -0.509. The average molecular weight is 613 g/mol. The summed E-state index contributed by atoms with van der Waals surface area (Å²) in [4.78, 5) is 28.3. The molecular weight excluding hydrogens is 568 g/mol. The Balaban J connectivity index is 1.25. The van der Waals surface area contributed by atoms with Gasteiger partial charge in [0.15, 0.2) is 0 Å². The molecule has 9 heteroatoms. The highest BCUT2D eigenvalue weighted by Gasteiger charge is 2.26. The second-order valence-corrected chi connectivity index (χ2v) is 13.8. The summed E-state index contributed by atoms with van der Waals surface area (Å²) in [6, 6.07) is 12.4. The van der Waals surface area contributed by atoms with E-state index >= 15 is 0 Å². The molecule has 0 spiro atoms. The van der Waals surface area contributed by atoms with Crippen molar-refractivity contribution in [1.29, 1.82) is 0 Å². The molecule has 2 aromatic carbocycles.